The fourth-order valence-corrected chi connectivity index (χ4v) is 2.10. The van der Waals surface area contributed by atoms with Crippen LogP contribution in [-0.2, 0) is 4.79 Å². The average Bonchev–Trinajstić information content (AvgIpc) is 2.31. The zero-order chi connectivity index (χ0) is 9.42. The standard InChI is InChI=1S/C8H10N2O2S/c1-5-4-13-8(9-5)10-2-6(3-10)7(11)12/h4,6H,2-3H2,1H3,(H,11,12). The molecule has 1 aliphatic heterocycles. The van der Waals surface area contributed by atoms with Crippen LogP contribution in [0.5, 0.6) is 0 Å². The highest BCUT2D eigenvalue weighted by molar-refractivity contribution is 7.13. The number of carbonyl (C=O) groups is 1. The summed E-state index contributed by atoms with van der Waals surface area (Å²) in [4.78, 5) is 16.8. The van der Waals surface area contributed by atoms with E-state index in [0.29, 0.717) is 13.1 Å². The van der Waals surface area contributed by atoms with Crippen molar-refractivity contribution < 1.29 is 9.90 Å². The first-order valence-corrected chi connectivity index (χ1v) is 4.94. The molecule has 0 unspecified atom stereocenters. The van der Waals surface area contributed by atoms with Crippen molar-refractivity contribution in [3.05, 3.63) is 11.1 Å². The van der Waals surface area contributed by atoms with E-state index in [1.807, 2.05) is 17.2 Å². The predicted molar refractivity (Wildman–Crippen MR) is 50.2 cm³/mol. The van der Waals surface area contributed by atoms with Gasteiger partial charge in [0.2, 0.25) is 0 Å². The van der Waals surface area contributed by atoms with E-state index < -0.39 is 5.97 Å². The Labute approximate surface area is 79.8 Å². The molecule has 1 aromatic heterocycles. The number of carboxylic acid groups (broad SMARTS) is 1. The number of hydrogen-bond donors (Lipinski definition) is 1. The van der Waals surface area contributed by atoms with Gasteiger partial charge in [0.25, 0.3) is 0 Å². The molecular weight excluding hydrogens is 188 g/mol. The first-order valence-electron chi connectivity index (χ1n) is 4.06. The molecule has 0 radical (unpaired) electrons. The minimum Gasteiger partial charge on any atom is -0.481 e. The lowest BCUT2D eigenvalue weighted by molar-refractivity contribution is -0.142. The largest absolute Gasteiger partial charge is 0.481 e. The Morgan fingerprint density at radius 1 is 1.77 bits per heavy atom. The van der Waals surface area contributed by atoms with Crippen LogP contribution >= 0.6 is 11.3 Å². The maximum atomic E-state index is 10.5. The topological polar surface area (TPSA) is 53.4 Å². The molecule has 0 spiro atoms. The fourth-order valence-electron chi connectivity index (χ4n) is 1.28. The van der Waals surface area contributed by atoms with Crippen LogP contribution in [0.4, 0.5) is 5.13 Å². The van der Waals surface area contributed by atoms with Crippen LogP contribution < -0.4 is 4.90 Å². The number of aromatic nitrogens is 1. The predicted octanol–water partition coefficient (Wildman–Crippen LogP) is 0.972. The van der Waals surface area contributed by atoms with Crippen molar-refractivity contribution in [3.8, 4) is 0 Å². The average molecular weight is 198 g/mol. The van der Waals surface area contributed by atoms with Gasteiger partial charge in [0.1, 0.15) is 0 Å². The molecule has 1 aliphatic rings. The molecule has 5 heteroatoms. The van der Waals surface area contributed by atoms with Gasteiger partial charge in [0.05, 0.1) is 11.6 Å². The number of aryl methyl sites for hydroxylation is 1. The third-order valence-electron chi connectivity index (χ3n) is 2.11. The van der Waals surface area contributed by atoms with Crippen LogP contribution in [0.1, 0.15) is 5.69 Å². The molecule has 2 heterocycles. The Balaban J connectivity index is 1.97. The number of thiazole rings is 1. The molecule has 1 saturated heterocycles. The summed E-state index contributed by atoms with van der Waals surface area (Å²) in [5, 5.41) is 11.6. The molecule has 70 valence electrons. The van der Waals surface area contributed by atoms with Crippen molar-refractivity contribution in [2.45, 2.75) is 6.92 Å². The highest BCUT2D eigenvalue weighted by atomic mass is 32.1. The summed E-state index contributed by atoms with van der Waals surface area (Å²) in [6, 6.07) is 0. The molecule has 0 saturated carbocycles. The third kappa shape index (κ3) is 1.51. The van der Waals surface area contributed by atoms with Gasteiger partial charge in [0.15, 0.2) is 5.13 Å². The highest BCUT2D eigenvalue weighted by Crippen LogP contribution is 2.27. The summed E-state index contributed by atoms with van der Waals surface area (Å²) in [6.45, 7) is 3.14. The number of nitrogens with zero attached hydrogens (tertiary/aromatic N) is 2. The van der Waals surface area contributed by atoms with E-state index in [4.69, 9.17) is 5.11 Å². The van der Waals surface area contributed by atoms with Crippen LogP contribution in [0.2, 0.25) is 0 Å². The fraction of sp³-hybridized carbons (Fsp3) is 0.500. The van der Waals surface area contributed by atoms with Crippen LogP contribution in [0, 0.1) is 12.8 Å². The lowest BCUT2D eigenvalue weighted by Gasteiger charge is -2.36. The van der Waals surface area contributed by atoms with Gasteiger partial charge in [-0.25, -0.2) is 4.98 Å². The molecule has 2 rings (SSSR count). The molecule has 0 bridgehead atoms. The van der Waals surface area contributed by atoms with Gasteiger partial charge < -0.3 is 10.0 Å². The Bertz CT molecular complexity index is 331. The Kier molecular flexibility index (Phi) is 1.95. The van der Waals surface area contributed by atoms with Gasteiger partial charge in [-0.3, -0.25) is 4.79 Å². The quantitative estimate of drug-likeness (QED) is 0.769. The molecule has 0 aliphatic carbocycles. The molecule has 4 nitrogen and oxygen atoms in total. The summed E-state index contributed by atoms with van der Waals surface area (Å²) in [6.07, 6.45) is 0. The minimum absolute atomic E-state index is 0.204. The molecule has 0 amide bonds. The van der Waals surface area contributed by atoms with Gasteiger partial charge in [-0.1, -0.05) is 0 Å². The number of rotatable bonds is 2. The zero-order valence-corrected chi connectivity index (χ0v) is 8.04. The number of aliphatic carboxylic acids is 1. The molecule has 0 atom stereocenters. The maximum Gasteiger partial charge on any atom is 0.310 e. The Hall–Kier alpha value is -1.10. The van der Waals surface area contributed by atoms with E-state index in [0.717, 1.165) is 10.8 Å². The smallest absolute Gasteiger partial charge is 0.310 e. The summed E-state index contributed by atoms with van der Waals surface area (Å²) in [5.74, 6) is -0.909. The Morgan fingerprint density at radius 3 is 2.92 bits per heavy atom. The minimum atomic E-state index is -0.704. The van der Waals surface area contributed by atoms with Gasteiger partial charge in [0, 0.05) is 18.5 Å². The van der Waals surface area contributed by atoms with Gasteiger partial charge >= 0.3 is 5.97 Å². The van der Waals surface area contributed by atoms with Crippen molar-refractivity contribution in [1.82, 2.24) is 4.98 Å². The number of anilines is 1. The Morgan fingerprint density at radius 2 is 2.46 bits per heavy atom. The molecule has 1 fully saturated rings. The second-order valence-corrected chi connectivity index (χ2v) is 4.05. The monoisotopic (exact) mass is 198 g/mol. The highest BCUT2D eigenvalue weighted by Gasteiger charge is 2.33. The zero-order valence-electron chi connectivity index (χ0n) is 7.23. The third-order valence-corrected chi connectivity index (χ3v) is 3.13. The second kappa shape index (κ2) is 2.99. The van der Waals surface area contributed by atoms with Crippen molar-refractivity contribution in [3.63, 3.8) is 0 Å². The first kappa shape index (κ1) is 8.50. The second-order valence-electron chi connectivity index (χ2n) is 3.21. The van der Waals surface area contributed by atoms with Crippen LogP contribution in [0.3, 0.4) is 0 Å². The number of carboxylic acids is 1. The van der Waals surface area contributed by atoms with Crippen LogP contribution in [0.25, 0.3) is 0 Å². The summed E-state index contributed by atoms with van der Waals surface area (Å²) in [5.41, 5.74) is 0.999. The van der Waals surface area contributed by atoms with E-state index in [-0.39, 0.29) is 5.92 Å². The van der Waals surface area contributed by atoms with E-state index >= 15 is 0 Å². The normalized spacial score (nSPS) is 17.2. The lowest BCUT2D eigenvalue weighted by atomic mass is 10.0. The first-order chi connectivity index (χ1) is 6.16. The summed E-state index contributed by atoms with van der Waals surface area (Å²) < 4.78 is 0. The van der Waals surface area contributed by atoms with Gasteiger partial charge in [-0.2, -0.15) is 0 Å². The SMILES string of the molecule is Cc1csc(N2CC(C(=O)O)C2)n1. The van der Waals surface area contributed by atoms with Crippen molar-refractivity contribution in [2.75, 3.05) is 18.0 Å². The van der Waals surface area contributed by atoms with Crippen molar-refractivity contribution in [2.24, 2.45) is 5.92 Å². The summed E-state index contributed by atoms with van der Waals surface area (Å²) >= 11 is 1.57. The lowest BCUT2D eigenvalue weighted by Crippen LogP contribution is -2.50. The molecule has 13 heavy (non-hydrogen) atoms. The van der Waals surface area contributed by atoms with E-state index in [1.165, 1.54) is 0 Å². The van der Waals surface area contributed by atoms with Crippen LogP contribution in [0.15, 0.2) is 5.38 Å². The molecular formula is C8H10N2O2S. The van der Waals surface area contributed by atoms with Crippen molar-refractivity contribution in [1.29, 1.82) is 0 Å². The molecule has 1 N–H and O–H groups in total. The molecule has 0 aromatic carbocycles. The van der Waals surface area contributed by atoms with E-state index in [1.54, 1.807) is 11.3 Å². The number of hydrogen-bond acceptors (Lipinski definition) is 4. The van der Waals surface area contributed by atoms with Gasteiger partial charge in [-0.15, -0.1) is 11.3 Å². The van der Waals surface area contributed by atoms with E-state index in [2.05, 4.69) is 4.98 Å². The maximum absolute atomic E-state index is 10.5. The molecule has 1 aromatic rings. The van der Waals surface area contributed by atoms with Crippen LogP contribution in [-0.4, -0.2) is 29.1 Å². The van der Waals surface area contributed by atoms with E-state index in [9.17, 15) is 4.79 Å². The van der Waals surface area contributed by atoms with Crippen molar-refractivity contribution >= 4 is 22.4 Å². The van der Waals surface area contributed by atoms with Gasteiger partial charge in [-0.05, 0) is 6.92 Å². The summed E-state index contributed by atoms with van der Waals surface area (Å²) in [7, 11) is 0.